The highest BCUT2D eigenvalue weighted by Crippen LogP contribution is 2.34. The number of allylic oxidation sites excluding steroid dienone is 6. The highest BCUT2D eigenvalue weighted by atomic mass is 32.1. The Labute approximate surface area is 200 Å². The lowest BCUT2D eigenvalue weighted by Crippen LogP contribution is -2.38. The Bertz CT molecular complexity index is 1080. The second-order valence-corrected chi connectivity index (χ2v) is 9.08. The summed E-state index contributed by atoms with van der Waals surface area (Å²) in [5.74, 6) is 3.05. The third kappa shape index (κ3) is 6.77. The van der Waals surface area contributed by atoms with E-state index >= 15 is 0 Å². The van der Waals surface area contributed by atoms with Crippen LogP contribution in [0.15, 0.2) is 67.0 Å². The molecule has 3 rings (SSSR count). The van der Waals surface area contributed by atoms with Crippen molar-refractivity contribution in [1.29, 1.82) is 0 Å². The van der Waals surface area contributed by atoms with Gasteiger partial charge in [0.25, 0.3) is 0 Å². The lowest BCUT2D eigenvalue weighted by molar-refractivity contribution is 0.0735. The zero-order valence-electron chi connectivity index (χ0n) is 19.4. The van der Waals surface area contributed by atoms with Gasteiger partial charge in [-0.1, -0.05) is 67.5 Å². The second kappa shape index (κ2) is 12.3. The monoisotopic (exact) mass is 462 g/mol. The maximum absolute atomic E-state index is 13.4. The van der Waals surface area contributed by atoms with Crippen LogP contribution in [-0.4, -0.2) is 30.4 Å². The number of nitrogens with one attached hydrogen (secondary N) is 1. The number of terminal acetylenes is 1. The van der Waals surface area contributed by atoms with Crippen LogP contribution in [0.5, 0.6) is 0 Å². The van der Waals surface area contributed by atoms with Crippen LogP contribution in [0.1, 0.15) is 37.1 Å². The van der Waals surface area contributed by atoms with Crippen LogP contribution < -0.4 is 5.32 Å². The molecule has 33 heavy (non-hydrogen) atoms. The van der Waals surface area contributed by atoms with Gasteiger partial charge in [-0.3, -0.25) is 0 Å². The maximum Gasteiger partial charge on any atom is 0.124 e. The minimum absolute atomic E-state index is 0.0941. The summed E-state index contributed by atoms with van der Waals surface area (Å²) in [6, 6.07) is 8.06. The molecule has 5 heteroatoms. The van der Waals surface area contributed by atoms with Gasteiger partial charge in [0, 0.05) is 25.3 Å². The second-order valence-electron chi connectivity index (χ2n) is 8.04. The van der Waals surface area contributed by atoms with E-state index in [4.69, 9.17) is 11.2 Å². The van der Waals surface area contributed by atoms with Crippen molar-refractivity contribution in [3.63, 3.8) is 0 Å². The van der Waals surface area contributed by atoms with Crippen molar-refractivity contribution in [3.05, 3.63) is 77.5 Å². The minimum atomic E-state index is -0.887. The van der Waals surface area contributed by atoms with Crippen molar-refractivity contribution >= 4 is 23.0 Å². The Morgan fingerprint density at radius 2 is 2.21 bits per heavy atom. The molecule has 1 N–H and O–H groups in total. The summed E-state index contributed by atoms with van der Waals surface area (Å²) in [4.78, 5) is 5.71. The first-order chi connectivity index (χ1) is 16.0. The summed E-state index contributed by atoms with van der Waals surface area (Å²) in [7, 11) is 1.70. The highest BCUT2D eigenvalue weighted by Gasteiger charge is 2.20. The topological polar surface area (TPSA) is 34.2 Å². The van der Waals surface area contributed by atoms with Gasteiger partial charge in [0.1, 0.15) is 17.2 Å². The number of aromatic nitrogens is 1. The van der Waals surface area contributed by atoms with E-state index in [0.29, 0.717) is 6.42 Å². The predicted molar refractivity (Wildman–Crippen MR) is 138 cm³/mol. The van der Waals surface area contributed by atoms with Gasteiger partial charge >= 0.3 is 0 Å². The number of halogens is 1. The molecule has 0 spiro atoms. The Morgan fingerprint density at radius 1 is 1.39 bits per heavy atom. The summed E-state index contributed by atoms with van der Waals surface area (Å²) in [6.07, 6.45) is 21.3. The van der Waals surface area contributed by atoms with E-state index in [1.165, 1.54) is 0 Å². The number of rotatable bonds is 10. The summed E-state index contributed by atoms with van der Waals surface area (Å²) >= 11 is 1.63. The molecule has 1 aliphatic carbocycles. The van der Waals surface area contributed by atoms with Crippen molar-refractivity contribution < 1.29 is 9.13 Å². The fourth-order valence-corrected chi connectivity index (χ4v) is 4.67. The van der Waals surface area contributed by atoms with Gasteiger partial charge in [0.2, 0.25) is 0 Å². The highest BCUT2D eigenvalue weighted by molar-refractivity contribution is 7.16. The summed E-state index contributed by atoms with van der Waals surface area (Å²) in [5, 5.41) is 4.16. The first kappa shape index (κ1) is 24.7. The number of ether oxygens (including phenoxy) is 1. The molecule has 0 aliphatic heterocycles. The van der Waals surface area contributed by atoms with E-state index in [9.17, 15) is 4.39 Å². The van der Waals surface area contributed by atoms with E-state index in [2.05, 4.69) is 47.4 Å². The van der Waals surface area contributed by atoms with Gasteiger partial charge < -0.3 is 10.1 Å². The van der Waals surface area contributed by atoms with Crippen LogP contribution in [0.3, 0.4) is 0 Å². The van der Waals surface area contributed by atoms with E-state index in [-0.39, 0.29) is 18.1 Å². The number of nitrogens with zero attached hydrogens (tertiary/aromatic N) is 1. The predicted octanol–water partition coefficient (Wildman–Crippen LogP) is 6.67. The Balaban J connectivity index is 1.73. The molecule has 172 valence electrons. The first-order valence-corrected chi connectivity index (χ1v) is 12.0. The van der Waals surface area contributed by atoms with E-state index < -0.39 is 6.17 Å². The fourth-order valence-electron chi connectivity index (χ4n) is 3.69. The molecule has 1 heterocycles. The number of methoxy groups -OCH3 is 1. The Morgan fingerprint density at radius 3 is 2.91 bits per heavy atom. The van der Waals surface area contributed by atoms with Gasteiger partial charge in [-0.05, 0) is 42.7 Å². The van der Waals surface area contributed by atoms with Gasteiger partial charge in [-0.25, -0.2) is 9.37 Å². The Kier molecular flexibility index (Phi) is 9.24. The molecule has 4 atom stereocenters. The molecule has 3 nitrogen and oxygen atoms in total. The van der Waals surface area contributed by atoms with Crippen molar-refractivity contribution in [2.45, 2.75) is 45.0 Å². The molecule has 0 saturated heterocycles. The van der Waals surface area contributed by atoms with Gasteiger partial charge in [0.15, 0.2) is 0 Å². The number of alkyl halides is 1. The third-order valence-corrected chi connectivity index (χ3v) is 6.61. The zero-order chi connectivity index (χ0) is 23.6. The molecule has 4 unspecified atom stereocenters. The van der Waals surface area contributed by atoms with Crippen LogP contribution in [0.4, 0.5) is 4.39 Å². The third-order valence-electron chi connectivity index (χ3n) is 5.53. The molecule has 0 fully saturated rings. The lowest BCUT2D eigenvalue weighted by atomic mass is 9.97. The van der Waals surface area contributed by atoms with E-state index in [1.807, 2.05) is 49.7 Å². The molecule has 1 aromatic carbocycles. The van der Waals surface area contributed by atoms with Crippen LogP contribution in [0.2, 0.25) is 0 Å². The molecule has 1 aromatic heterocycles. The SMILES string of the molecule is C#CC(N/C=C\C)C(CC(C)/C=C/c1ccccc1-c1ncc(C2=CCC(F)C=C2)s1)OC. The van der Waals surface area contributed by atoms with Crippen molar-refractivity contribution in [3.8, 4) is 22.9 Å². The van der Waals surface area contributed by atoms with E-state index in [1.54, 1.807) is 24.5 Å². The van der Waals surface area contributed by atoms with Crippen LogP contribution in [-0.2, 0) is 4.74 Å². The average molecular weight is 463 g/mol. The standard InChI is InChI=1S/C28H31FN2OS/c1-5-17-30-25(6-2)26(32-4)18-20(3)11-12-21-9-7-8-10-24(21)28-31-19-27(33-28)22-13-15-23(29)16-14-22/h2,5,7-15,17,19-20,23,25-26,30H,16,18H2,1,3-4H3/b12-11+,17-5-. The van der Waals surface area contributed by atoms with E-state index in [0.717, 1.165) is 33.0 Å². The smallest absolute Gasteiger partial charge is 0.124 e. The quantitative estimate of drug-likeness (QED) is 0.400. The van der Waals surface area contributed by atoms with Gasteiger partial charge in [-0.15, -0.1) is 17.8 Å². The Hall–Kier alpha value is -2.94. The van der Waals surface area contributed by atoms with Crippen LogP contribution in [0, 0.1) is 18.3 Å². The average Bonchev–Trinajstić information content (AvgIpc) is 3.33. The lowest BCUT2D eigenvalue weighted by Gasteiger charge is -2.24. The maximum atomic E-state index is 13.4. The zero-order valence-corrected chi connectivity index (χ0v) is 20.2. The normalized spacial score (nSPS) is 18.8. The van der Waals surface area contributed by atoms with Crippen molar-refractivity contribution in [2.75, 3.05) is 7.11 Å². The summed E-state index contributed by atoms with van der Waals surface area (Å²) in [5.41, 5.74) is 3.23. The van der Waals surface area contributed by atoms with Crippen LogP contribution in [0.25, 0.3) is 22.2 Å². The number of hydrogen-bond acceptors (Lipinski definition) is 4. The molecular formula is C28H31FN2OS. The summed E-state index contributed by atoms with van der Waals surface area (Å²) < 4.78 is 19.1. The number of thiazole rings is 1. The summed E-state index contributed by atoms with van der Waals surface area (Å²) in [6.45, 7) is 4.11. The van der Waals surface area contributed by atoms with Gasteiger partial charge in [-0.2, -0.15) is 0 Å². The van der Waals surface area contributed by atoms with Crippen LogP contribution >= 0.6 is 11.3 Å². The molecular weight excluding hydrogens is 431 g/mol. The van der Waals surface area contributed by atoms with Crippen molar-refractivity contribution in [2.24, 2.45) is 5.92 Å². The molecule has 0 radical (unpaired) electrons. The number of hydrogen-bond donors (Lipinski definition) is 1. The molecule has 2 aromatic rings. The van der Waals surface area contributed by atoms with Gasteiger partial charge in [0.05, 0.1) is 11.0 Å². The van der Waals surface area contributed by atoms with Crippen molar-refractivity contribution in [1.82, 2.24) is 10.3 Å². The molecule has 0 bridgehead atoms. The minimum Gasteiger partial charge on any atom is -0.378 e. The molecule has 1 aliphatic rings. The fraction of sp³-hybridized carbons (Fsp3) is 0.321. The number of benzene rings is 1. The molecule has 0 saturated carbocycles. The molecule has 0 amide bonds. The largest absolute Gasteiger partial charge is 0.378 e. The first-order valence-electron chi connectivity index (χ1n) is 11.2.